The van der Waals surface area contributed by atoms with Crippen molar-refractivity contribution in [1.82, 2.24) is 5.01 Å². The zero-order valence-electron chi connectivity index (χ0n) is 11.7. The zero-order valence-corrected chi connectivity index (χ0v) is 11.7. The van der Waals surface area contributed by atoms with Crippen LogP contribution in [-0.2, 0) is 19.2 Å². The maximum Gasteiger partial charge on any atom is 0.332 e. The topological polar surface area (TPSA) is 114 Å². The molecule has 0 aromatic rings. The highest BCUT2D eigenvalue weighted by Crippen LogP contribution is 2.17. The van der Waals surface area contributed by atoms with E-state index in [0.29, 0.717) is 12.8 Å². The molecule has 1 atom stereocenters. The molecular weight excluding hydrogens is 270 g/mol. The van der Waals surface area contributed by atoms with Crippen LogP contribution in [0.4, 0.5) is 0 Å². The van der Waals surface area contributed by atoms with Crippen molar-refractivity contribution >= 4 is 11.9 Å². The lowest BCUT2D eigenvalue weighted by Crippen LogP contribution is -2.40. The van der Waals surface area contributed by atoms with E-state index in [1.54, 1.807) is 20.8 Å². The highest BCUT2D eigenvalue weighted by Gasteiger charge is 2.36. The van der Waals surface area contributed by atoms with Gasteiger partial charge in [-0.3, -0.25) is 4.79 Å². The highest BCUT2D eigenvalue weighted by molar-refractivity contribution is 5.75. The number of carbonyl (C=O) groups is 2. The first-order valence-corrected chi connectivity index (χ1v) is 6.20. The SMILES string of the molecule is CC(C)(C)C(=O)OCO/N=[N+](\[O-])N1CCCC1C(=O)O. The minimum Gasteiger partial charge on any atom is -0.569 e. The quantitative estimate of drug-likeness (QED) is 0.199. The molecule has 1 aliphatic heterocycles. The van der Waals surface area contributed by atoms with E-state index in [4.69, 9.17) is 9.84 Å². The summed E-state index contributed by atoms with van der Waals surface area (Å²) < 4.78 is 4.74. The molecule has 114 valence electrons. The Bertz CT molecular complexity index is 403. The summed E-state index contributed by atoms with van der Waals surface area (Å²) in [4.78, 5) is 26.9. The van der Waals surface area contributed by atoms with Crippen molar-refractivity contribution in [3.8, 4) is 0 Å². The molecule has 0 radical (unpaired) electrons. The van der Waals surface area contributed by atoms with E-state index in [0.717, 1.165) is 5.01 Å². The van der Waals surface area contributed by atoms with Crippen molar-refractivity contribution in [2.45, 2.75) is 39.7 Å². The Labute approximate surface area is 116 Å². The van der Waals surface area contributed by atoms with Crippen molar-refractivity contribution < 1.29 is 29.2 Å². The number of esters is 1. The average Bonchev–Trinajstić information content (AvgIpc) is 2.82. The van der Waals surface area contributed by atoms with E-state index in [9.17, 15) is 14.8 Å². The molecule has 1 saturated heterocycles. The highest BCUT2D eigenvalue weighted by atomic mass is 16.8. The largest absolute Gasteiger partial charge is 0.569 e. The van der Waals surface area contributed by atoms with Gasteiger partial charge in [-0.1, -0.05) is 0 Å². The molecule has 0 saturated carbocycles. The predicted molar refractivity (Wildman–Crippen MR) is 64.9 cm³/mol. The van der Waals surface area contributed by atoms with Crippen LogP contribution in [0, 0.1) is 10.6 Å². The van der Waals surface area contributed by atoms with E-state index < -0.39 is 30.2 Å². The van der Waals surface area contributed by atoms with Gasteiger partial charge >= 0.3 is 11.9 Å². The van der Waals surface area contributed by atoms with E-state index in [1.165, 1.54) is 0 Å². The lowest BCUT2D eigenvalue weighted by Gasteiger charge is -2.17. The maximum atomic E-state index is 11.5. The van der Waals surface area contributed by atoms with Crippen molar-refractivity contribution in [2.24, 2.45) is 10.7 Å². The Morgan fingerprint density at radius 1 is 1.50 bits per heavy atom. The summed E-state index contributed by atoms with van der Waals surface area (Å²) in [6.07, 6.45) is 0.965. The second-order valence-corrected chi connectivity index (χ2v) is 5.42. The molecule has 20 heavy (non-hydrogen) atoms. The number of hydrogen-bond donors (Lipinski definition) is 1. The monoisotopic (exact) mass is 289 g/mol. The standard InChI is InChI=1S/C11H19N3O6/c1-11(2,3)10(17)19-7-20-12-14(18)13-6-4-5-8(13)9(15)16/h8H,4-7H2,1-3H3,(H,15,16)/b14-12-. The Hall–Kier alpha value is -2.06. The number of rotatable bonds is 5. The Kier molecular flexibility index (Phi) is 5.12. The van der Waals surface area contributed by atoms with E-state index >= 15 is 0 Å². The average molecular weight is 289 g/mol. The number of nitrogens with zero attached hydrogens (tertiary/aromatic N) is 3. The summed E-state index contributed by atoms with van der Waals surface area (Å²) in [5.41, 5.74) is -0.677. The maximum absolute atomic E-state index is 11.5. The van der Waals surface area contributed by atoms with Crippen molar-refractivity contribution in [1.29, 1.82) is 0 Å². The smallest absolute Gasteiger partial charge is 0.332 e. The summed E-state index contributed by atoms with van der Waals surface area (Å²) in [7, 11) is 0. The van der Waals surface area contributed by atoms with Gasteiger partial charge in [-0.2, -0.15) is 0 Å². The number of hydrogen-bond acceptors (Lipinski definition) is 6. The number of aliphatic carboxylic acids is 1. The van der Waals surface area contributed by atoms with Crippen molar-refractivity contribution in [3.05, 3.63) is 5.21 Å². The second kappa shape index (κ2) is 6.40. The van der Waals surface area contributed by atoms with E-state index in [1.807, 2.05) is 0 Å². The molecule has 0 aliphatic carbocycles. The molecule has 0 spiro atoms. The molecule has 1 rings (SSSR count). The summed E-state index contributed by atoms with van der Waals surface area (Å²) >= 11 is 0. The van der Waals surface area contributed by atoms with Gasteiger partial charge in [0.15, 0.2) is 6.04 Å². The molecule has 1 N–H and O–H groups in total. The lowest BCUT2D eigenvalue weighted by molar-refractivity contribution is -0.712. The lowest BCUT2D eigenvalue weighted by atomic mass is 9.98. The number of carboxylic acids is 1. The van der Waals surface area contributed by atoms with Gasteiger partial charge in [-0.05, 0) is 33.6 Å². The van der Waals surface area contributed by atoms with Crippen LogP contribution in [0.25, 0.3) is 0 Å². The Balaban J connectivity index is 2.42. The fourth-order valence-electron chi connectivity index (χ4n) is 1.62. The van der Waals surface area contributed by atoms with Crippen LogP contribution in [0.3, 0.4) is 0 Å². The van der Waals surface area contributed by atoms with Gasteiger partial charge in [0.2, 0.25) is 5.28 Å². The minimum atomic E-state index is -1.09. The van der Waals surface area contributed by atoms with Gasteiger partial charge in [0.05, 0.1) is 16.9 Å². The number of carbonyl (C=O) groups excluding carboxylic acids is 1. The Morgan fingerprint density at radius 2 is 2.15 bits per heavy atom. The first-order valence-electron chi connectivity index (χ1n) is 6.20. The van der Waals surface area contributed by atoms with Gasteiger partial charge in [0.25, 0.3) is 6.79 Å². The van der Waals surface area contributed by atoms with Crippen LogP contribution in [0.15, 0.2) is 5.28 Å². The van der Waals surface area contributed by atoms with Crippen LogP contribution in [0.2, 0.25) is 0 Å². The first-order chi connectivity index (χ1) is 9.23. The van der Waals surface area contributed by atoms with E-state index in [2.05, 4.69) is 10.1 Å². The minimum absolute atomic E-state index is 0.0801. The summed E-state index contributed by atoms with van der Waals surface area (Å²) in [6, 6.07) is -0.906. The molecule has 1 fully saturated rings. The summed E-state index contributed by atoms with van der Waals surface area (Å²) in [5.74, 6) is -1.58. The van der Waals surface area contributed by atoms with Crippen LogP contribution in [-0.4, -0.2) is 46.4 Å². The van der Waals surface area contributed by atoms with Crippen LogP contribution >= 0.6 is 0 Å². The molecule has 9 heteroatoms. The Morgan fingerprint density at radius 3 is 2.70 bits per heavy atom. The van der Waals surface area contributed by atoms with E-state index in [-0.39, 0.29) is 11.5 Å². The molecule has 0 aromatic heterocycles. The third-order valence-electron chi connectivity index (χ3n) is 2.71. The van der Waals surface area contributed by atoms with Crippen LogP contribution in [0.5, 0.6) is 0 Å². The predicted octanol–water partition coefficient (Wildman–Crippen LogP) is 0.891. The van der Waals surface area contributed by atoms with Gasteiger partial charge in [-0.15, -0.1) is 5.01 Å². The van der Waals surface area contributed by atoms with Crippen molar-refractivity contribution in [3.63, 3.8) is 0 Å². The first kappa shape index (κ1) is 16.0. The molecule has 1 aliphatic rings. The molecule has 0 aromatic carbocycles. The number of hydrazine groups is 1. The van der Waals surface area contributed by atoms with Crippen LogP contribution < -0.4 is 0 Å². The molecular formula is C11H19N3O6. The fraction of sp³-hybridized carbons (Fsp3) is 0.818. The van der Waals surface area contributed by atoms with Crippen molar-refractivity contribution in [2.75, 3.05) is 13.3 Å². The summed E-state index contributed by atoms with van der Waals surface area (Å²) in [6.45, 7) is 4.81. The molecule has 1 unspecified atom stereocenters. The molecule has 9 nitrogen and oxygen atoms in total. The third kappa shape index (κ3) is 4.25. The van der Waals surface area contributed by atoms with Gasteiger partial charge in [0.1, 0.15) is 0 Å². The van der Waals surface area contributed by atoms with Crippen LogP contribution in [0.1, 0.15) is 33.6 Å². The number of carboxylic acid groups (broad SMARTS) is 1. The molecule has 0 bridgehead atoms. The fourth-order valence-corrected chi connectivity index (χ4v) is 1.62. The number of ether oxygens (including phenoxy) is 1. The van der Waals surface area contributed by atoms with Gasteiger partial charge in [0, 0.05) is 0 Å². The molecule has 1 heterocycles. The normalized spacial score (nSPS) is 19.9. The third-order valence-corrected chi connectivity index (χ3v) is 2.71. The van der Waals surface area contributed by atoms with Gasteiger partial charge < -0.3 is 19.9 Å². The summed E-state index contributed by atoms with van der Waals surface area (Å²) in [5, 5.41) is 24.6. The molecule has 0 amide bonds. The zero-order chi connectivity index (χ0) is 15.3. The second-order valence-electron chi connectivity index (χ2n) is 5.42. The van der Waals surface area contributed by atoms with Gasteiger partial charge in [-0.25, -0.2) is 4.79 Å².